The fraction of sp³-hybridized carbons (Fsp3) is 0.682. The van der Waals surface area contributed by atoms with E-state index in [1.165, 1.54) is 11.1 Å². The highest BCUT2D eigenvalue weighted by Crippen LogP contribution is 2.59. The van der Waals surface area contributed by atoms with Crippen LogP contribution in [0.15, 0.2) is 18.2 Å². The molecular formula is C22H29NO3. The lowest BCUT2D eigenvalue weighted by Crippen LogP contribution is -2.74. The fourth-order valence-electron chi connectivity index (χ4n) is 6.24. The van der Waals surface area contributed by atoms with Gasteiger partial charge in [0.2, 0.25) is 5.91 Å². The quantitative estimate of drug-likeness (QED) is 0.833. The average molecular weight is 355 g/mol. The van der Waals surface area contributed by atoms with Crippen molar-refractivity contribution in [1.82, 2.24) is 4.90 Å². The predicted molar refractivity (Wildman–Crippen MR) is 99.4 cm³/mol. The van der Waals surface area contributed by atoms with Crippen LogP contribution in [-0.2, 0) is 21.4 Å². The number of carbonyl (C=O) groups excluding carboxylic acids is 1. The van der Waals surface area contributed by atoms with Gasteiger partial charge in [0.05, 0.1) is 18.8 Å². The van der Waals surface area contributed by atoms with Gasteiger partial charge in [-0.25, -0.2) is 0 Å². The number of amides is 1. The molecule has 0 spiro atoms. The number of benzene rings is 1. The first kappa shape index (κ1) is 16.6. The van der Waals surface area contributed by atoms with Crippen LogP contribution in [0.2, 0.25) is 0 Å². The molecule has 4 aliphatic rings. The summed E-state index contributed by atoms with van der Waals surface area (Å²) < 4.78 is 12.2. The molecule has 1 saturated carbocycles. The molecule has 0 unspecified atom stereocenters. The van der Waals surface area contributed by atoms with E-state index in [1.807, 2.05) is 0 Å². The third-order valence-corrected chi connectivity index (χ3v) is 7.59. The maximum Gasteiger partial charge on any atom is 0.226 e. The van der Waals surface area contributed by atoms with Crippen molar-refractivity contribution in [2.24, 2.45) is 5.92 Å². The van der Waals surface area contributed by atoms with Gasteiger partial charge in [-0.05, 0) is 68.2 Å². The standard InChI is InChI=1S/C22H29NO3/c1-3-22-19-13-16-7-8-17(25-2)14-18(16)21(22,9-4-12-26-22)10-11-23(19)20(24)15-5-6-15/h7-8,14-15,19H,3-6,9-13H2,1-2H3/t19-,21+,22+/m1/s1. The third-order valence-electron chi connectivity index (χ3n) is 7.59. The molecule has 2 aliphatic carbocycles. The molecule has 5 rings (SSSR count). The Bertz CT molecular complexity index is 743. The summed E-state index contributed by atoms with van der Waals surface area (Å²) in [6.07, 6.45) is 7.28. The summed E-state index contributed by atoms with van der Waals surface area (Å²) in [6.45, 7) is 3.95. The summed E-state index contributed by atoms with van der Waals surface area (Å²) >= 11 is 0. The number of fused-ring (bicyclic) bond motifs is 1. The van der Waals surface area contributed by atoms with Gasteiger partial charge in [0, 0.05) is 24.5 Å². The highest BCUT2D eigenvalue weighted by molar-refractivity contribution is 5.82. The predicted octanol–water partition coefficient (Wildman–Crippen LogP) is 3.46. The van der Waals surface area contributed by atoms with Crippen molar-refractivity contribution in [2.45, 2.75) is 68.9 Å². The van der Waals surface area contributed by atoms with Gasteiger partial charge >= 0.3 is 0 Å². The SMILES string of the molecule is CC[C@@]12OCCC[C@@]13CCN(C(=O)C1CC1)[C@@H]2Cc1ccc(OC)cc13. The lowest BCUT2D eigenvalue weighted by Gasteiger charge is -2.65. The van der Waals surface area contributed by atoms with E-state index in [2.05, 4.69) is 30.0 Å². The van der Waals surface area contributed by atoms with Gasteiger partial charge in [-0.3, -0.25) is 4.79 Å². The number of hydrogen-bond donors (Lipinski definition) is 0. The normalized spacial score (nSPS) is 35.5. The van der Waals surface area contributed by atoms with E-state index in [4.69, 9.17) is 9.47 Å². The maximum atomic E-state index is 13.1. The molecule has 2 heterocycles. The highest BCUT2D eigenvalue weighted by atomic mass is 16.5. The molecule has 0 radical (unpaired) electrons. The van der Waals surface area contributed by atoms with Gasteiger partial charge in [0.25, 0.3) is 0 Å². The van der Waals surface area contributed by atoms with Crippen molar-refractivity contribution in [3.63, 3.8) is 0 Å². The number of rotatable bonds is 3. The fourth-order valence-corrected chi connectivity index (χ4v) is 6.24. The van der Waals surface area contributed by atoms with Crippen molar-refractivity contribution >= 4 is 5.91 Å². The number of carbonyl (C=O) groups is 1. The Labute approximate surface area is 155 Å². The van der Waals surface area contributed by atoms with Crippen LogP contribution in [0, 0.1) is 5.92 Å². The van der Waals surface area contributed by atoms with Crippen LogP contribution >= 0.6 is 0 Å². The molecule has 26 heavy (non-hydrogen) atoms. The highest BCUT2D eigenvalue weighted by Gasteiger charge is 2.65. The van der Waals surface area contributed by atoms with E-state index in [9.17, 15) is 4.79 Å². The minimum Gasteiger partial charge on any atom is -0.497 e. The van der Waals surface area contributed by atoms with Crippen LogP contribution in [0.4, 0.5) is 0 Å². The Balaban J connectivity index is 1.67. The van der Waals surface area contributed by atoms with Crippen molar-refractivity contribution in [3.05, 3.63) is 29.3 Å². The Morgan fingerprint density at radius 2 is 2.19 bits per heavy atom. The third kappa shape index (κ3) is 2.02. The molecule has 2 bridgehead atoms. The Morgan fingerprint density at radius 3 is 2.92 bits per heavy atom. The molecule has 3 atom stereocenters. The van der Waals surface area contributed by atoms with Crippen molar-refractivity contribution in [2.75, 3.05) is 20.3 Å². The van der Waals surface area contributed by atoms with E-state index in [0.717, 1.165) is 63.8 Å². The molecule has 1 aromatic carbocycles. The smallest absolute Gasteiger partial charge is 0.226 e. The van der Waals surface area contributed by atoms with Gasteiger partial charge < -0.3 is 14.4 Å². The lowest BCUT2D eigenvalue weighted by molar-refractivity contribution is -0.211. The number of ether oxygens (including phenoxy) is 2. The Morgan fingerprint density at radius 1 is 1.35 bits per heavy atom. The van der Waals surface area contributed by atoms with Crippen LogP contribution in [0.1, 0.15) is 56.6 Å². The number of methoxy groups -OCH3 is 1. The summed E-state index contributed by atoms with van der Waals surface area (Å²) in [5, 5.41) is 0. The second-order valence-electron chi connectivity index (χ2n) is 8.58. The molecule has 3 fully saturated rings. The second-order valence-corrected chi connectivity index (χ2v) is 8.58. The van der Waals surface area contributed by atoms with Crippen molar-refractivity contribution in [1.29, 1.82) is 0 Å². The van der Waals surface area contributed by atoms with Crippen LogP contribution < -0.4 is 4.74 Å². The Hall–Kier alpha value is -1.55. The molecule has 0 N–H and O–H groups in total. The van der Waals surface area contributed by atoms with E-state index in [1.54, 1.807) is 7.11 Å². The van der Waals surface area contributed by atoms with Crippen LogP contribution in [0.3, 0.4) is 0 Å². The molecule has 1 aromatic rings. The van der Waals surface area contributed by atoms with Crippen molar-refractivity contribution < 1.29 is 14.3 Å². The molecule has 2 aliphatic heterocycles. The zero-order valence-corrected chi connectivity index (χ0v) is 15.9. The number of nitrogens with zero attached hydrogens (tertiary/aromatic N) is 1. The van der Waals surface area contributed by atoms with Crippen LogP contribution in [0.25, 0.3) is 0 Å². The van der Waals surface area contributed by atoms with Gasteiger partial charge in [-0.1, -0.05) is 13.0 Å². The first-order valence-electron chi connectivity index (χ1n) is 10.3. The summed E-state index contributed by atoms with van der Waals surface area (Å²) in [4.78, 5) is 15.3. The second kappa shape index (κ2) is 5.72. The molecule has 0 aromatic heterocycles. The summed E-state index contributed by atoms with van der Waals surface area (Å²) in [5.74, 6) is 1.59. The number of likely N-dealkylation sites (tertiary alicyclic amines) is 1. The van der Waals surface area contributed by atoms with Crippen molar-refractivity contribution in [3.8, 4) is 5.75 Å². The van der Waals surface area contributed by atoms with E-state index < -0.39 is 0 Å². The lowest BCUT2D eigenvalue weighted by atomic mass is 9.51. The average Bonchev–Trinajstić information content (AvgIpc) is 3.52. The number of piperidine rings is 1. The molecule has 4 nitrogen and oxygen atoms in total. The monoisotopic (exact) mass is 355 g/mol. The van der Waals surface area contributed by atoms with Gasteiger partial charge in [0.15, 0.2) is 0 Å². The Kier molecular flexibility index (Phi) is 3.66. The van der Waals surface area contributed by atoms with Crippen LogP contribution in [-0.4, -0.2) is 42.7 Å². The van der Waals surface area contributed by atoms with E-state index >= 15 is 0 Å². The van der Waals surface area contributed by atoms with Gasteiger partial charge in [-0.2, -0.15) is 0 Å². The first-order chi connectivity index (χ1) is 12.6. The maximum absolute atomic E-state index is 13.1. The van der Waals surface area contributed by atoms with E-state index in [0.29, 0.717) is 5.91 Å². The summed E-state index contributed by atoms with van der Waals surface area (Å²) in [5.41, 5.74) is 2.59. The summed E-state index contributed by atoms with van der Waals surface area (Å²) in [7, 11) is 1.74. The minimum atomic E-state index is -0.243. The first-order valence-corrected chi connectivity index (χ1v) is 10.3. The number of hydrogen-bond acceptors (Lipinski definition) is 3. The zero-order valence-electron chi connectivity index (χ0n) is 15.9. The molecular weight excluding hydrogens is 326 g/mol. The zero-order chi connectivity index (χ0) is 17.9. The minimum absolute atomic E-state index is 0.0210. The topological polar surface area (TPSA) is 38.8 Å². The van der Waals surface area contributed by atoms with Crippen LogP contribution in [0.5, 0.6) is 5.75 Å². The molecule has 2 saturated heterocycles. The molecule has 4 heteroatoms. The van der Waals surface area contributed by atoms with Gasteiger partial charge in [-0.15, -0.1) is 0 Å². The summed E-state index contributed by atoms with van der Waals surface area (Å²) in [6, 6.07) is 6.72. The van der Waals surface area contributed by atoms with E-state index in [-0.39, 0.29) is 23.0 Å². The largest absolute Gasteiger partial charge is 0.497 e. The molecule has 140 valence electrons. The van der Waals surface area contributed by atoms with Gasteiger partial charge in [0.1, 0.15) is 5.75 Å². The molecule has 1 amide bonds.